The number of carbonyl (C=O) groups is 1. The molecule has 3 aromatic rings. The minimum atomic E-state index is 0.163. The molecule has 0 spiro atoms. The van der Waals surface area contributed by atoms with Crippen LogP contribution in [0, 0.1) is 12.8 Å². The van der Waals surface area contributed by atoms with E-state index in [-0.39, 0.29) is 11.8 Å². The van der Waals surface area contributed by atoms with Crippen LogP contribution in [0.4, 0.5) is 5.69 Å². The van der Waals surface area contributed by atoms with Crippen molar-refractivity contribution in [3.8, 4) is 11.3 Å². The Balaban J connectivity index is 1.51. The number of nitrogens with zero attached hydrogens (tertiary/aromatic N) is 2. The predicted molar refractivity (Wildman–Crippen MR) is 101 cm³/mol. The summed E-state index contributed by atoms with van der Waals surface area (Å²) in [4.78, 5) is 17.1. The highest BCUT2D eigenvalue weighted by Crippen LogP contribution is 2.26. The van der Waals surface area contributed by atoms with E-state index in [1.807, 2.05) is 47.1 Å². The van der Waals surface area contributed by atoms with Gasteiger partial charge in [0, 0.05) is 29.6 Å². The maximum atomic E-state index is 12.4. The van der Waals surface area contributed by atoms with Crippen LogP contribution in [0.5, 0.6) is 0 Å². The van der Waals surface area contributed by atoms with E-state index in [0.717, 1.165) is 41.0 Å². The van der Waals surface area contributed by atoms with Crippen LogP contribution in [0.2, 0.25) is 0 Å². The largest absolute Gasteiger partial charge is 0.326 e. The highest BCUT2D eigenvalue weighted by Gasteiger charge is 2.21. The summed E-state index contributed by atoms with van der Waals surface area (Å²) in [6, 6.07) is 12.1. The lowest BCUT2D eigenvalue weighted by Crippen LogP contribution is -2.24. The number of aromatic nitrogens is 2. The molecule has 2 heterocycles. The molecule has 1 fully saturated rings. The molecule has 4 rings (SSSR count). The van der Waals surface area contributed by atoms with Gasteiger partial charge in [-0.3, -0.25) is 4.79 Å². The molecule has 0 atom stereocenters. The van der Waals surface area contributed by atoms with Gasteiger partial charge in [0.05, 0.1) is 5.69 Å². The van der Waals surface area contributed by atoms with Gasteiger partial charge in [0.1, 0.15) is 5.65 Å². The molecule has 1 saturated carbocycles. The van der Waals surface area contributed by atoms with E-state index in [0.29, 0.717) is 0 Å². The maximum Gasteiger partial charge on any atom is 0.227 e. The molecule has 4 heteroatoms. The highest BCUT2D eigenvalue weighted by atomic mass is 16.1. The molecular formula is C21H23N3O. The number of carbonyl (C=O) groups excluding carboxylic acids is 1. The van der Waals surface area contributed by atoms with E-state index < -0.39 is 0 Å². The van der Waals surface area contributed by atoms with Crippen molar-refractivity contribution in [3.63, 3.8) is 0 Å². The molecule has 4 nitrogen and oxygen atoms in total. The molecular weight excluding hydrogens is 310 g/mol. The second-order valence-corrected chi connectivity index (χ2v) is 6.95. The molecule has 25 heavy (non-hydrogen) atoms. The molecule has 1 aliphatic rings. The zero-order valence-electron chi connectivity index (χ0n) is 14.5. The summed E-state index contributed by atoms with van der Waals surface area (Å²) in [7, 11) is 0. The van der Waals surface area contributed by atoms with Crippen LogP contribution in [-0.4, -0.2) is 15.3 Å². The third-order valence-corrected chi connectivity index (χ3v) is 5.10. The molecule has 1 amide bonds. The number of hydrogen-bond acceptors (Lipinski definition) is 2. The molecule has 0 aliphatic heterocycles. The van der Waals surface area contributed by atoms with Crippen molar-refractivity contribution in [2.75, 3.05) is 5.32 Å². The first-order chi connectivity index (χ1) is 12.2. The first-order valence-corrected chi connectivity index (χ1v) is 9.06. The average molecular weight is 333 g/mol. The van der Waals surface area contributed by atoms with Crippen LogP contribution in [0.3, 0.4) is 0 Å². The van der Waals surface area contributed by atoms with Crippen molar-refractivity contribution >= 4 is 17.2 Å². The Morgan fingerprint density at radius 3 is 2.60 bits per heavy atom. The molecule has 0 bridgehead atoms. The third-order valence-electron chi connectivity index (χ3n) is 5.10. The number of hydrogen-bond donors (Lipinski definition) is 1. The molecule has 0 unspecified atom stereocenters. The number of anilines is 1. The maximum absolute atomic E-state index is 12.4. The first-order valence-electron chi connectivity index (χ1n) is 9.06. The summed E-state index contributed by atoms with van der Waals surface area (Å²) < 4.78 is 2.05. The number of imidazole rings is 1. The predicted octanol–water partition coefficient (Wildman–Crippen LogP) is 4.83. The van der Waals surface area contributed by atoms with Crippen molar-refractivity contribution in [1.29, 1.82) is 0 Å². The summed E-state index contributed by atoms with van der Waals surface area (Å²) >= 11 is 0. The Morgan fingerprint density at radius 1 is 1.12 bits per heavy atom. The number of rotatable bonds is 3. The van der Waals surface area contributed by atoms with E-state index in [2.05, 4.69) is 18.3 Å². The molecule has 2 aromatic heterocycles. The Hall–Kier alpha value is -2.62. The highest BCUT2D eigenvalue weighted by molar-refractivity contribution is 5.92. The fourth-order valence-electron chi connectivity index (χ4n) is 3.63. The smallest absolute Gasteiger partial charge is 0.227 e. The van der Waals surface area contributed by atoms with E-state index in [9.17, 15) is 4.79 Å². The Kier molecular flexibility index (Phi) is 4.26. The van der Waals surface area contributed by atoms with Gasteiger partial charge in [0.15, 0.2) is 0 Å². The van der Waals surface area contributed by atoms with Gasteiger partial charge in [-0.25, -0.2) is 4.98 Å². The molecule has 128 valence electrons. The summed E-state index contributed by atoms with van der Waals surface area (Å²) in [5.41, 5.74) is 5.00. The number of nitrogens with one attached hydrogen (secondary N) is 1. The van der Waals surface area contributed by atoms with E-state index in [1.165, 1.54) is 19.3 Å². The number of aryl methyl sites for hydroxylation is 1. The van der Waals surface area contributed by atoms with E-state index in [1.54, 1.807) is 0 Å². The minimum absolute atomic E-state index is 0.163. The van der Waals surface area contributed by atoms with Gasteiger partial charge in [0.2, 0.25) is 5.91 Å². The zero-order valence-corrected chi connectivity index (χ0v) is 14.5. The van der Waals surface area contributed by atoms with Gasteiger partial charge in [0.25, 0.3) is 0 Å². The van der Waals surface area contributed by atoms with Crippen molar-refractivity contribution in [1.82, 2.24) is 9.38 Å². The minimum Gasteiger partial charge on any atom is -0.326 e. The molecule has 1 N–H and O–H groups in total. The van der Waals surface area contributed by atoms with Gasteiger partial charge >= 0.3 is 0 Å². The Morgan fingerprint density at radius 2 is 1.88 bits per heavy atom. The normalized spacial score (nSPS) is 15.4. The van der Waals surface area contributed by atoms with Gasteiger partial charge in [-0.05, 0) is 43.5 Å². The van der Waals surface area contributed by atoms with Crippen molar-refractivity contribution in [2.45, 2.75) is 39.0 Å². The number of pyridine rings is 1. The van der Waals surface area contributed by atoms with E-state index in [4.69, 9.17) is 4.98 Å². The molecule has 0 saturated heterocycles. The number of benzene rings is 1. The molecule has 1 aliphatic carbocycles. The fraction of sp³-hybridized carbons (Fsp3) is 0.333. The van der Waals surface area contributed by atoms with Crippen LogP contribution < -0.4 is 5.32 Å². The monoisotopic (exact) mass is 333 g/mol. The quantitative estimate of drug-likeness (QED) is 0.746. The van der Waals surface area contributed by atoms with Crippen LogP contribution in [-0.2, 0) is 4.79 Å². The average Bonchev–Trinajstić information content (AvgIpc) is 3.09. The summed E-state index contributed by atoms with van der Waals surface area (Å²) in [5, 5.41) is 3.06. The van der Waals surface area contributed by atoms with Crippen molar-refractivity contribution in [3.05, 3.63) is 54.4 Å². The Bertz CT molecular complexity index is 889. The van der Waals surface area contributed by atoms with Gasteiger partial charge in [-0.15, -0.1) is 0 Å². The van der Waals surface area contributed by atoms with Crippen LogP contribution >= 0.6 is 0 Å². The zero-order chi connectivity index (χ0) is 17.2. The number of amides is 1. The molecule has 0 radical (unpaired) electrons. The summed E-state index contributed by atoms with van der Waals surface area (Å²) in [6.45, 7) is 2.07. The number of fused-ring (bicyclic) bond motifs is 1. The van der Waals surface area contributed by atoms with Gasteiger partial charge in [-0.1, -0.05) is 37.5 Å². The third kappa shape index (κ3) is 3.29. The molecule has 1 aromatic carbocycles. The van der Waals surface area contributed by atoms with Crippen molar-refractivity contribution in [2.24, 2.45) is 5.92 Å². The second kappa shape index (κ2) is 6.71. The lowest BCUT2D eigenvalue weighted by atomic mass is 9.88. The lowest BCUT2D eigenvalue weighted by Gasteiger charge is -2.20. The summed E-state index contributed by atoms with van der Waals surface area (Å²) in [6.07, 6.45) is 9.69. The summed E-state index contributed by atoms with van der Waals surface area (Å²) in [5.74, 6) is 0.339. The standard InChI is InChI=1S/C21H23N3O/c1-15-6-5-13-24-14-19(23-20(15)24)16-9-11-18(12-10-16)22-21(25)17-7-3-2-4-8-17/h5-6,9-14,17H,2-4,7-8H2,1H3,(H,22,25). The van der Waals surface area contributed by atoms with Crippen LogP contribution in [0.1, 0.15) is 37.7 Å². The topological polar surface area (TPSA) is 46.4 Å². The van der Waals surface area contributed by atoms with Crippen LogP contribution in [0.15, 0.2) is 48.8 Å². The second-order valence-electron chi connectivity index (χ2n) is 6.95. The van der Waals surface area contributed by atoms with E-state index >= 15 is 0 Å². The Labute approximate surface area is 147 Å². The van der Waals surface area contributed by atoms with Gasteiger partial charge < -0.3 is 9.72 Å². The van der Waals surface area contributed by atoms with Gasteiger partial charge in [-0.2, -0.15) is 0 Å². The first kappa shape index (κ1) is 15.9. The fourth-order valence-corrected chi connectivity index (χ4v) is 3.63. The van der Waals surface area contributed by atoms with Crippen LogP contribution in [0.25, 0.3) is 16.9 Å². The SMILES string of the molecule is Cc1cccn2cc(-c3ccc(NC(=O)C4CCCCC4)cc3)nc12. The van der Waals surface area contributed by atoms with Crippen molar-refractivity contribution < 1.29 is 4.79 Å². The lowest BCUT2D eigenvalue weighted by molar-refractivity contribution is -0.120.